The molecule has 0 aromatic carbocycles. The van der Waals surface area contributed by atoms with Crippen LogP contribution in [0.1, 0.15) is 12.1 Å². The van der Waals surface area contributed by atoms with Crippen molar-refractivity contribution in [3.8, 4) is 0 Å². The zero-order valence-corrected chi connectivity index (χ0v) is 11.1. The van der Waals surface area contributed by atoms with E-state index in [0.29, 0.717) is 19.6 Å². The Balaban J connectivity index is 2.08. The minimum Gasteiger partial charge on any atom is -0.339 e. The van der Waals surface area contributed by atoms with E-state index in [1.807, 2.05) is 0 Å². The summed E-state index contributed by atoms with van der Waals surface area (Å²) in [5.41, 5.74) is 4.62. The number of aromatic nitrogens is 2. The molecule has 0 unspecified atom stereocenters. The maximum atomic E-state index is 12.6. The third-order valence-corrected chi connectivity index (χ3v) is 3.25. The predicted octanol–water partition coefficient (Wildman–Crippen LogP) is 0.966. The molecule has 1 fully saturated rings. The average Bonchev–Trinajstić information content (AvgIpc) is 2.64. The van der Waals surface area contributed by atoms with Crippen LogP contribution in [0.2, 0.25) is 0 Å². The van der Waals surface area contributed by atoms with Gasteiger partial charge in [0.2, 0.25) is 5.95 Å². The number of nitrogens with zero attached hydrogens (tertiary/aromatic N) is 4. The Morgan fingerprint density at radius 1 is 1.20 bits per heavy atom. The minimum absolute atomic E-state index is 0.148. The Kier molecular flexibility index (Phi) is 4.77. The number of anilines is 1. The van der Waals surface area contributed by atoms with E-state index >= 15 is 0 Å². The molecular weight excluding hydrogens is 271 g/mol. The maximum absolute atomic E-state index is 12.6. The molecule has 0 spiro atoms. The topological polar surface area (TPSA) is 58.3 Å². The second kappa shape index (κ2) is 6.36. The standard InChI is InChI=1S/C12H18F3N5/c13-12(14,15)10-2-4-17-11(18-10)20-6-1-5-19(7-3-16)8-9-20/h2,4H,1,3,5-9,16H2. The number of nitrogens with two attached hydrogens (primary N) is 1. The van der Waals surface area contributed by atoms with Crippen LogP contribution in [0.5, 0.6) is 0 Å². The first-order valence-electron chi connectivity index (χ1n) is 6.58. The summed E-state index contributed by atoms with van der Waals surface area (Å²) in [6.07, 6.45) is -2.41. The van der Waals surface area contributed by atoms with Crippen molar-refractivity contribution < 1.29 is 13.2 Å². The number of rotatable bonds is 3. The van der Waals surface area contributed by atoms with Crippen molar-refractivity contribution in [3.05, 3.63) is 18.0 Å². The van der Waals surface area contributed by atoms with Crippen LogP contribution in [0.15, 0.2) is 12.3 Å². The molecule has 1 aromatic heterocycles. The van der Waals surface area contributed by atoms with Crippen LogP contribution in [-0.2, 0) is 6.18 Å². The molecule has 112 valence electrons. The molecule has 2 heterocycles. The molecule has 0 aliphatic carbocycles. The Bertz CT molecular complexity index is 437. The number of alkyl halides is 3. The Labute approximate surface area is 115 Å². The van der Waals surface area contributed by atoms with E-state index < -0.39 is 11.9 Å². The fourth-order valence-electron chi connectivity index (χ4n) is 2.24. The van der Waals surface area contributed by atoms with Gasteiger partial charge in [0, 0.05) is 38.9 Å². The molecule has 1 aliphatic heterocycles. The summed E-state index contributed by atoms with van der Waals surface area (Å²) in [6.45, 7) is 4.31. The first-order chi connectivity index (χ1) is 9.50. The van der Waals surface area contributed by atoms with E-state index in [-0.39, 0.29) is 5.95 Å². The summed E-state index contributed by atoms with van der Waals surface area (Å²) in [5.74, 6) is 0.148. The summed E-state index contributed by atoms with van der Waals surface area (Å²) in [4.78, 5) is 11.6. The lowest BCUT2D eigenvalue weighted by Gasteiger charge is -2.22. The molecule has 0 saturated carbocycles. The third kappa shape index (κ3) is 3.80. The van der Waals surface area contributed by atoms with Crippen LogP contribution in [0.4, 0.5) is 19.1 Å². The van der Waals surface area contributed by atoms with Gasteiger partial charge in [-0.25, -0.2) is 9.97 Å². The second-order valence-corrected chi connectivity index (χ2v) is 4.71. The lowest BCUT2D eigenvalue weighted by Crippen LogP contribution is -2.34. The number of hydrogen-bond donors (Lipinski definition) is 1. The quantitative estimate of drug-likeness (QED) is 0.898. The molecule has 0 bridgehead atoms. The van der Waals surface area contributed by atoms with Crippen LogP contribution in [-0.4, -0.2) is 54.1 Å². The van der Waals surface area contributed by atoms with Crippen LogP contribution >= 0.6 is 0 Å². The lowest BCUT2D eigenvalue weighted by molar-refractivity contribution is -0.141. The van der Waals surface area contributed by atoms with Gasteiger partial charge in [0.1, 0.15) is 5.69 Å². The molecular formula is C12H18F3N5. The van der Waals surface area contributed by atoms with Crippen molar-refractivity contribution in [2.75, 3.05) is 44.2 Å². The van der Waals surface area contributed by atoms with Gasteiger partial charge < -0.3 is 15.5 Å². The van der Waals surface area contributed by atoms with E-state index in [2.05, 4.69) is 14.9 Å². The Morgan fingerprint density at radius 2 is 2.00 bits per heavy atom. The monoisotopic (exact) mass is 289 g/mol. The zero-order valence-electron chi connectivity index (χ0n) is 11.1. The van der Waals surface area contributed by atoms with Gasteiger partial charge in [0.25, 0.3) is 0 Å². The third-order valence-electron chi connectivity index (χ3n) is 3.25. The summed E-state index contributed by atoms with van der Waals surface area (Å²) in [5, 5.41) is 0. The molecule has 0 radical (unpaired) electrons. The highest BCUT2D eigenvalue weighted by atomic mass is 19.4. The first-order valence-corrected chi connectivity index (χ1v) is 6.58. The van der Waals surface area contributed by atoms with E-state index in [0.717, 1.165) is 38.3 Å². The van der Waals surface area contributed by atoms with E-state index in [1.165, 1.54) is 0 Å². The summed E-state index contributed by atoms with van der Waals surface area (Å²) < 4.78 is 37.9. The fraction of sp³-hybridized carbons (Fsp3) is 0.667. The van der Waals surface area contributed by atoms with Crippen molar-refractivity contribution in [2.24, 2.45) is 5.73 Å². The smallest absolute Gasteiger partial charge is 0.339 e. The maximum Gasteiger partial charge on any atom is 0.433 e. The van der Waals surface area contributed by atoms with Gasteiger partial charge in [-0.2, -0.15) is 13.2 Å². The van der Waals surface area contributed by atoms with Gasteiger partial charge >= 0.3 is 6.18 Å². The van der Waals surface area contributed by atoms with Crippen molar-refractivity contribution in [2.45, 2.75) is 12.6 Å². The van der Waals surface area contributed by atoms with Crippen molar-refractivity contribution >= 4 is 5.95 Å². The highest BCUT2D eigenvalue weighted by Crippen LogP contribution is 2.28. The molecule has 2 rings (SSSR count). The summed E-state index contributed by atoms with van der Waals surface area (Å²) in [6, 6.07) is 0.891. The highest BCUT2D eigenvalue weighted by molar-refractivity contribution is 5.31. The molecule has 1 aromatic rings. The van der Waals surface area contributed by atoms with Crippen molar-refractivity contribution in [1.29, 1.82) is 0 Å². The van der Waals surface area contributed by atoms with Gasteiger partial charge in [-0.1, -0.05) is 0 Å². The number of halogens is 3. The highest BCUT2D eigenvalue weighted by Gasteiger charge is 2.33. The predicted molar refractivity (Wildman–Crippen MR) is 69.4 cm³/mol. The molecule has 8 heteroatoms. The second-order valence-electron chi connectivity index (χ2n) is 4.71. The van der Waals surface area contributed by atoms with Gasteiger partial charge in [0.05, 0.1) is 0 Å². The van der Waals surface area contributed by atoms with Crippen LogP contribution in [0.3, 0.4) is 0 Å². The summed E-state index contributed by atoms with van der Waals surface area (Å²) in [7, 11) is 0. The van der Waals surface area contributed by atoms with Gasteiger partial charge in [0.15, 0.2) is 0 Å². The Hall–Kier alpha value is -1.41. The molecule has 20 heavy (non-hydrogen) atoms. The fourth-order valence-corrected chi connectivity index (χ4v) is 2.24. The molecule has 1 aliphatic rings. The first kappa shape index (κ1) is 15.0. The lowest BCUT2D eigenvalue weighted by atomic mass is 10.4. The molecule has 5 nitrogen and oxygen atoms in total. The Morgan fingerprint density at radius 3 is 2.70 bits per heavy atom. The molecule has 0 atom stereocenters. The molecule has 1 saturated heterocycles. The van der Waals surface area contributed by atoms with Gasteiger partial charge in [-0.15, -0.1) is 0 Å². The van der Waals surface area contributed by atoms with E-state index in [4.69, 9.17) is 5.73 Å². The SMILES string of the molecule is NCCN1CCCN(c2nccc(C(F)(F)F)n2)CC1. The van der Waals surface area contributed by atoms with Crippen LogP contribution < -0.4 is 10.6 Å². The average molecular weight is 289 g/mol. The zero-order chi connectivity index (χ0) is 14.6. The van der Waals surface area contributed by atoms with Gasteiger partial charge in [-0.05, 0) is 19.0 Å². The van der Waals surface area contributed by atoms with Crippen LogP contribution in [0.25, 0.3) is 0 Å². The van der Waals surface area contributed by atoms with E-state index in [9.17, 15) is 13.2 Å². The van der Waals surface area contributed by atoms with Crippen molar-refractivity contribution in [3.63, 3.8) is 0 Å². The van der Waals surface area contributed by atoms with Crippen LogP contribution in [0, 0.1) is 0 Å². The number of hydrogen-bond acceptors (Lipinski definition) is 5. The van der Waals surface area contributed by atoms with Gasteiger partial charge in [-0.3, -0.25) is 0 Å². The van der Waals surface area contributed by atoms with Crippen molar-refractivity contribution in [1.82, 2.24) is 14.9 Å². The molecule has 2 N–H and O–H groups in total. The minimum atomic E-state index is -4.44. The van der Waals surface area contributed by atoms with E-state index in [1.54, 1.807) is 4.90 Å². The summed E-state index contributed by atoms with van der Waals surface area (Å²) >= 11 is 0. The largest absolute Gasteiger partial charge is 0.433 e. The normalized spacial score (nSPS) is 18.1. The molecule has 0 amide bonds.